The maximum Gasteiger partial charge on any atom is 0.252 e. The molecule has 1 fully saturated rings. The highest BCUT2D eigenvalue weighted by molar-refractivity contribution is 7.51. The molecule has 0 bridgehead atoms. The number of aryl methyl sites for hydroxylation is 1. The molecule has 3 aliphatic heterocycles. The maximum absolute atomic E-state index is 14.6. The predicted octanol–water partition coefficient (Wildman–Crippen LogP) is 2.38. The summed E-state index contributed by atoms with van der Waals surface area (Å²) in [7, 11) is 0.330. The number of hydrogen-bond acceptors (Lipinski definition) is 5. The smallest absolute Gasteiger partial charge is 0.252 e. The highest BCUT2D eigenvalue weighted by Crippen LogP contribution is 2.45. The maximum atomic E-state index is 14.6. The van der Waals surface area contributed by atoms with E-state index in [2.05, 4.69) is 33.9 Å². The first-order valence-corrected chi connectivity index (χ1v) is 12.0. The van der Waals surface area contributed by atoms with Crippen LogP contribution < -0.4 is 0 Å². The van der Waals surface area contributed by atoms with Crippen molar-refractivity contribution in [3.8, 4) is 0 Å². The minimum absolute atomic E-state index is 0.0531. The zero-order valence-electron chi connectivity index (χ0n) is 18.2. The molecule has 0 saturated carbocycles. The van der Waals surface area contributed by atoms with Gasteiger partial charge in [-0.2, -0.15) is 0 Å². The van der Waals surface area contributed by atoms with Crippen LogP contribution in [0.1, 0.15) is 18.2 Å². The second-order valence-electron chi connectivity index (χ2n) is 8.55. The fourth-order valence-electron chi connectivity index (χ4n) is 4.64. The van der Waals surface area contributed by atoms with Crippen LogP contribution in [0.5, 0.6) is 0 Å². The lowest BCUT2D eigenvalue weighted by atomic mass is 10.1. The van der Waals surface area contributed by atoms with Crippen molar-refractivity contribution in [1.29, 1.82) is 0 Å². The summed E-state index contributed by atoms with van der Waals surface area (Å²) in [6.45, 7) is 7.46. The van der Waals surface area contributed by atoms with Crippen molar-refractivity contribution in [3.05, 3.63) is 65.7 Å². The highest BCUT2D eigenvalue weighted by atomic mass is 31.1. The van der Waals surface area contributed by atoms with E-state index in [1.165, 1.54) is 6.07 Å². The topological polar surface area (TPSA) is 64.3 Å². The van der Waals surface area contributed by atoms with Crippen molar-refractivity contribution in [2.24, 2.45) is 0 Å². The number of pyridine rings is 1. The molecule has 1 saturated heterocycles. The summed E-state index contributed by atoms with van der Waals surface area (Å²) in [5.74, 6) is -0.519. The summed E-state index contributed by atoms with van der Waals surface area (Å²) in [5, 5.41) is 10.1. The van der Waals surface area contributed by atoms with E-state index in [-0.39, 0.29) is 24.1 Å². The summed E-state index contributed by atoms with van der Waals surface area (Å²) < 4.78 is 16.2. The number of aliphatic hydroxyl groups excluding tert-OH is 1. The quantitative estimate of drug-likeness (QED) is 0.718. The lowest BCUT2D eigenvalue weighted by Gasteiger charge is -2.43. The van der Waals surface area contributed by atoms with Crippen LogP contribution in [0.2, 0.25) is 0 Å². The fourth-order valence-corrected chi connectivity index (χ4v) is 6.00. The van der Waals surface area contributed by atoms with Gasteiger partial charge in [-0.1, -0.05) is 14.7 Å². The first-order chi connectivity index (χ1) is 15.4. The molecule has 9 heteroatoms. The normalized spacial score (nSPS) is 24.8. The number of halogens is 1. The molecule has 2 aromatic heterocycles. The van der Waals surface area contributed by atoms with E-state index in [0.29, 0.717) is 26.8 Å². The van der Waals surface area contributed by atoms with Crippen molar-refractivity contribution < 1.29 is 14.3 Å². The van der Waals surface area contributed by atoms with Crippen LogP contribution in [-0.4, -0.2) is 79.7 Å². The molecule has 3 atom stereocenters. The first-order valence-electron chi connectivity index (χ1n) is 10.9. The van der Waals surface area contributed by atoms with Crippen molar-refractivity contribution in [2.45, 2.75) is 25.7 Å². The molecular formula is C23H27FN5O2P. The van der Waals surface area contributed by atoms with E-state index in [0.717, 1.165) is 41.9 Å². The lowest BCUT2D eigenvalue weighted by molar-refractivity contribution is -0.123. The van der Waals surface area contributed by atoms with E-state index in [4.69, 9.17) is 0 Å². The summed E-state index contributed by atoms with van der Waals surface area (Å²) in [5.41, 5.74) is 2.81. The third kappa shape index (κ3) is 3.87. The Morgan fingerprint density at radius 3 is 2.94 bits per heavy atom. The van der Waals surface area contributed by atoms with Crippen LogP contribution in [0.3, 0.4) is 0 Å². The van der Waals surface area contributed by atoms with Gasteiger partial charge in [-0.05, 0) is 31.3 Å². The van der Waals surface area contributed by atoms with Gasteiger partial charge in [-0.25, -0.2) is 9.37 Å². The number of hydrogen-bond donors (Lipinski definition) is 1. The van der Waals surface area contributed by atoms with Gasteiger partial charge in [0.25, 0.3) is 5.91 Å². The molecule has 0 spiro atoms. The zero-order chi connectivity index (χ0) is 22.4. The standard InChI is InChI=1S/C23H27FN5O2P/c1-15-11-28-13-17(9-19(24)23(28)25-15)20-10-21(31)29-14-18(3-4-22(29)32-20)27-6-5-26(7-8-30)16(2)12-27/h3-4,9-11,13-14,16,22,30,32H,5-8,12H2,1-2H3/t16-,22?/m0/s1. The lowest BCUT2D eigenvalue weighted by Crippen LogP contribution is -2.52. The molecule has 2 aromatic rings. The van der Waals surface area contributed by atoms with E-state index < -0.39 is 0 Å². The Morgan fingerprint density at radius 2 is 2.16 bits per heavy atom. The molecule has 1 amide bonds. The van der Waals surface area contributed by atoms with Crippen molar-refractivity contribution in [2.75, 3.05) is 32.8 Å². The molecule has 0 radical (unpaired) electrons. The van der Waals surface area contributed by atoms with Gasteiger partial charge in [0.15, 0.2) is 11.5 Å². The Bertz CT molecular complexity index is 1160. The van der Waals surface area contributed by atoms with Crippen molar-refractivity contribution >= 4 is 25.4 Å². The second kappa shape index (κ2) is 8.43. The molecule has 0 aromatic carbocycles. The number of aliphatic hydroxyl groups is 1. The minimum atomic E-state index is -0.382. The number of carbonyl (C=O) groups excluding carboxylic acids is 1. The summed E-state index contributed by atoms with van der Waals surface area (Å²) in [6, 6.07) is 1.81. The first kappa shape index (κ1) is 21.3. The molecule has 7 nitrogen and oxygen atoms in total. The second-order valence-corrected chi connectivity index (χ2v) is 9.97. The summed E-state index contributed by atoms with van der Waals surface area (Å²) in [4.78, 5) is 23.6. The molecule has 0 aliphatic carbocycles. The third-order valence-corrected chi connectivity index (χ3v) is 7.81. The Hall–Kier alpha value is -2.54. The van der Waals surface area contributed by atoms with Crippen LogP contribution in [0.4, 0.5) is 4.39 Å². The van der Waals surface area contributed by atoms with Crippen LogP contribution >= 0.6 is 8.58 Å². The van der Waals surface area contributed by atoms with Crippen molar-refractivity contribution in [3.63, 3.8) is 0 Å². The van der Waals surface area contributed by atoms with Gasteiger partial charge in [-0.15, -0.1) is 0 Å². The van der Waals surface area contributed by atoms with Crippen LogP contribution in [-0.2, 0) is 4.79 Å². The van der Waals surface area contributed by atoms with Gasteiger partial charge in [0.2, 0.25) is 0 Å². The third-order valence-electron chi connectivity index (χ3n) is 6.30. The molecule has 1 N–H and O–H groups in total. The molecule has 168 valence electrons. The largest absolute Gasteiger partial charge is 0.395 e. The Balaban J connectivity index is 1.36. The molecule has 32 heavy (non-hydrogen) atoms. The molecule has 5 rings (SSSR count). The predicted molar refractivity (Wildman–Crippen MR) is 124 cm³/mol. The number of imidazole rings is 1. The van der Waals surface area contributed by atoms with E-state index >= 15 is 0 Å². The van der Waals surface area contributed by atoms with Crippen LogP contribution in [0.25, 0.3) is 11.0 Å². The zero-order valence-corrected chi connectivity index (χ0v) is 19.2. The number of carbonyl (C=O) groups is 1. The SMILES string of the molecule is Cc1cn2cc(C3=CC(=O)N4C=C(N5CCN(CCO)[C@@H](C)C5)C=CC4P3)cc(F)c2n1. The van der Waals surface area contributed by atoms with Gasteiger partial charge in [0.05, 0.1) is 23.8 Å². The molecule has 5 heterocycles. The fraction of sp³-hybridized carbons (Fsp3) is 0.391. The average molecular weight is 455 g/mol. The Morgan fingerprint density at radius 1 is 1.31 bits per heavy atom. The molecule has 2 unspecified atom stereocenters. The summed E-state index contributed by atoms with van der Waals surface area (Å²) >= 11 is 0. The van der Waals surface area contributed by atoms with Crippen LogP contribution in [0, 0.1) is 12.7 Å². The number of aromatic nitrogens is 2. The van der Waals surface area contributed by atoms with Gasteiger partial charge in [0.1, 0.15) is 0 Å². The van der Waals surface area contributed by atoms with Gasteiger partial charge >= 0.3 is 0 Å². The number of nitrogens with zero attached hydrogens (tertiary/aromatic N) is 5. The Labute approximate surface area is 188 Å². The number of amides is 1. The monoisotopic (exact) mass is 455 g/mol. The van der Waals surface area contributed by atoms with Gasteiger partial charge < -0.3 is 19.3 Å². The van der Waals surface area contributed by atoms with E-state index in [1.807, 2.05) is 19.3 Å². The van der Waals surface area contributed by atoms with Crippen LogP contribution in [0.15, 0.2) is 48.6 Å². The number of allylic oxidation sites excluding steroid dienone is 1. The molecule has 3 aliphatic rings. The number of fused-ring (bicyclic) bond motifs is 2. The van der Waals surface area contributed by atoms with Crippen molar-refractivity contribution in [1.82, 2.24) is 24.1 Å². The van der Waals surface area contributed by atoms with E-state index in [1.54, 1.807) is 21.6 Å². The van der Waals surface area contributed by atoms with E-state index in [9.17, 15) is 14.3 Å². The summed E-state index contributed by atoms with van der Waals surface area (Å²) in [6.07, 6.45) is 11.4. The number of rotatable bonds is 4. The number of piperazine rings is 1. The molecular weight excluding hydrogens is 428 g/mol. The van der Waals surface area contributed by atoms with Gasteiger partial charge in [0, 0.05) is 62.5 Å². The number of β-amino-alcohol motifs (C(OH)–C–C–N with tert-alkyl or cyclic N) is 1. The highest BCUT2D eigenvalue weighted by Gasteiger charge is 2.31. The minimum Gasteiger partial charge on any atom is -0.395 e. The average Bonchev–Trinajstić information content (AvgIpc) is 3.16. The van der Waals surface area contributed by atoms with Gasteiger partial charge in [-0.3, -0.25) is 9.69 Å². The Kier molecular flexibility index (Phi) is 5.61.